The molecule has 1 amide bonds. The van der Waals surface area contributed by atoms with Crippen LogP contribution in [0, 0.1) is 0 Å². The van der Waals surface area contributed by atoms with E-state index in [1.807, 2.05) is 17.0 Å². The van der Waals surface area contributed by atoms with Crippen molar-refractivity contribution >= 4 is 34.9 Å². The first-order valence-corrected chi connectivity index (χ1v) is 7.18. The van der Waals surface area contributed by atoms with Gasteiger partial charge in [0.15, 0.2) is 0 Å². The molecule has 3 rings (SSSR count). The number of carbonyl (C=O) groups excluding carboxylic acids is 1. The fraction of sp³-hybridized carbons (Fsp3) is 0.214. The van der Waals surface area contributed by atoms with Gasteiger partial charge in [0.25, 0.3) is 0 Å². The third kappa shape index (κ3) is 2.74. The first-order valence-electron chi connectivity index (χ1n) is 5.98. The molecule has 0 bridgehead atoms. The Kier molecular flexibility index (Phi) is 3.44. The first kappa shape index (κ1) is 12.5. The van der Waals surface area contributed by atoms with Crippen molar-refractivity contribution in [2.24, 2.45) is 0 Å². The van der Waals surface area contributed by atoms with Crippen LogP contribution in [0.1, 0.15) is 16.0 Å². The van der Waals surface area contributed by atoms with Gasteiger partial charge in [-0.2, -0.15) is 0 Å². The topological polar surface area (TPSA) is 33.5 Å². The molecule has 1 aliphatic rings. The predicted octanol–water partition coefficient (Wildman–Crippen LogP) is 3.59. The minimum atomic E-state index is 0.0224. The molecule has 3 heterocycles. The van der Waals surface area contributed by atoms with E-state index < -0.39 is 0 Å². The summed E-state index contributed by atoms with van der Waals surface area (Å²) in [5.41, 5.74) is 2.07. The summed E-state index contributed by atoms with van der Waals surface area (Å²) in [5, 5.41) is 0. The van der Waals surface area contributed by atoms with E-state index in [1.165, 1.54) is 10.4 Å². The van der Waals surface area contributed by atoms with Crippen LogP contribution >= 0.6 is 22.9 Å². The standard InChI is InChI=1S/C14H12ClNO2S/c15-13-7-11-8-16(5-3-12(11)19-13)14(17)2-1-10-4-6-18-9-10/h1-2,4,6-7,9H,3,5,8H2. The molecule has 0 saturated carbocycles. The lowest BCUT2D eigenvalue weighted by Gasteiger charge is -2.25. The van der Waals surface area contributed by atoms with Gasteiger partial charge in [0.2, 0.25) is 5.91 Å². The quantitative estimate of drug-likeness (QED) is 0.793. The van der Waals surface area contributed by atoms with Gasteiger partial charge in [-0.05, 0) is 30.2 Å². The Bertz CT molecular complexity index is 615. The van der Waals surface area contributed by atoms with E-state index in [-0.39, 0.29) is 5.91 Å². The van der Waals surface area contributed by atoms with Crippen LogP contribution in [0.5, 0.6) is 0 Å². The van der Waals surface area contributed by atoms with Crippen molar-refractivity contribution in [1.29, 1.82) is 0 Å². The maximum absolute atomic E-state index is 12.1. The van der Waals surface area contributed by atoms with Gasteiger partial charge < -0.3 is 9.32 Å². The van der Waals surface area contributed by atoms with E-state index in [0.29, 0.717) is 6.54 Å². The van der Waals surface area contributed by atoms with Gasteiger partial charge in [0.05, 0.1) is 16.9 Å². The van der Waals surface area contributed by atoms with Crippen molar-refractivity contribution in [3.8, 4) is 0 Å². The molecule has 0 unspecified atom stereocenters. The number of furan rings is 1. The summed E-state index contributed by atoms with van der Waals surface area (Å²) < 4.78 is 5.75. The van der Waals surface area contributed by atoms with Crippen molar-refractivity contribution < 1.29 is 9.21 Å². The summed E-state index contributed by atoms with van der Waals surface area (Å²) in [6.07, 6.45) is 7.44. The zero-order valence-corrected chi connectivity index (χ0v) is 11.7. The average Bonchev–Trinajstić information content (AvgIpc) is 3.02. The lowest BCUT2D eigenvalue weighted by molar-refractivity contribution is -0.126. The molecule has 2 aromatic heterocycles. The summed E-state index contributed by atoms with van der Waals surface area (Å²) in [6, 6.07) is 3.78. The van der Waals surface area contributed by atoms with Crippen LogP contribution in [0.15, 0.2) is 35.2 Å². The van der Waals surface area contributed by atoms with Crippen molar-refractivity contribution in [3.63, 3.8) is 0 Å². The van der Waals surface area contributed by atoms with Gasteiger partial charge in [-0.25, -0.2) is 0 Å². The van der Waals surface area contributed by atoms with Gasteiger partial charge in [-0.3, -0.25) is 4.79 Å². The monoisotopic (exact) mass is 293 g/mol. The van der Waals surface area contributed by atoms with Gasteiger partial charge in [-0.15, -0.1) is 11.3 Å². The molecule has 0 aromatic carbocycles. The molecule has 0 N–H and O–H groups in total. The number of carbonyl (C=O) groups is 1. The van der Waals surface area contributed by atoms with Crippen LogP contribution in [0.2, 0.25) is 4.34 Å². The van der Waals surface area contributed by atoms with Gasteiger partial charge >= 0.3 is 0 Å². The predicted molar refractivity (Wildman–Crippen MR) is 76.2 cm³/mol. The van der Waals surface area contributed by atoms with E-state index in [9.17, 15) is 4.79 Å². The number of hydrogen-bond acceptors (Lipinski definition) is 3. The second-order valence-corrected chi connectivity index (χ2v) is 6.17. The Morgan fingerprint density at radius 3 is 3.21 bits per heavy atom. The highest BCUT2D eigenvalue weighted by Crippen LogP contribution is 2.31. The van der Waals surface area contributed by atoms with Crippen LogP contribution in [0.4, 0.5) is 0 Å². The minimum Gasteiger partial charge on any atom is -0.472 e. The maximum Gasteiger partial charge on any atom is 0.246 e. The molecule has 3 nitrogen and oxygen atoms in total. The fourth-order valence-corrected chi connectivity index (χ4v) is 3.42. The van der Waals surface area contributed by atoms with Gasteiger partial charge in [0.1, 0.15) is 0 Å². The molecule has 1 aliphatic heterocycles. The summed E-state index contributed by atoms with van der Waals surface area (Å²) >= 11 is 7.61. The van der Waals surface area contributed by atoms with Crippen LogP contribution in [0.25, 0.3) is 6.08 Å². The SMILES string of the molecule is O=C(C=Cc1ccoc1)N1CCc2sc(Cl)cc2C1. The second kappa shape index (κ2) is 5.23. The molecule has 0 saturated heterocycles. The number of halogens is 1. The molecule has 2 aromatic rings. The Morgan fingerprint density at radius 1 is 1.53 bits per heavy atom. The van der Waals surface area contributed by atoms with Crippen LogP contribution < -0.4 is 0 Å². The molecule has 0 spiro atoms. The maximum atomic E-state index is 12.1. The molecule has 0 aliphatic carbocycles. The lowest BCUT2D eigenvalue weighted by Crippen LogP contribution is -2.34. The zero-order valence-electron chi connectivity index (χ0n) is 10.1. The first-order chi connectivity index (χ1) is 9.22. The fourth-order valence-electron chi connectivity index (χ4n) is 2.13. The molecule has 19 heavy (non-hydrogen) atoms. The summed E-state index contributed by atoms with van der Waals surface area (Å²) in [5.74, 6) is 0.0224. The molecular formula is C14H12ClNO2S. The van der Waals surface area contributed by atoms with E-state index in [0.717, 1.165) is 22.9 Å². The molecule has 98 valence electrons. The van der Waals surface area contributed by atoms with Crippen LogP contribution in [0.3, 0.4) is 0 Å². The van der Waals surface area contributed by atoms with Crippen molar-refractivity contribution in [1.82, 2.24) is 4.90 Å². The Morgan fingerprint density at radius 2 is 2.42 bits per heavy atom. The third-order valence-electron chi connectivity index (χ3n) is 3.11. The number of rotatable bonds is 2. The third-order valence-corrected chi connectivity index (χ3v) is 4.48. The Hall–Kier alpha value is -1.52. The number of amides is 1. The van der Waals surface area contributed by atoms with Crippen molar-refractivity contribution in [2.75, 3.05) is 6.54 Å². The molecule has 5 heteroatoms. The highest BCUT2D eigenvalue weighted by Gasteiger charge is 2.21. The number of fused-ring (bicyclic) bond motifs is 1. The van der Waals surface area contributed by atoms with Crippen LogP contribution in [-0.2, 0) is 17.8 Å². The minimum absolute atomic E-state index is 0.0224. The van der Waals surface area contributed by atoms with Crippen molar-refractivity contribution in [2.45, 2.75) is 13.0 Å². The molecule has 0 fully saturated rings. The smallest absolute Gasteiger partial charge is 0.246 e. The van der Waals surface area contributed by atoms with Crippen molar-refractivity contribution in [3.05, 3.63) is 51.1 Å². The highest BCUT2D eigenvalue weighted by molar-refractivity contribution is 7.16. The summed E-state index contributed by atoms with van der Waals surface area (Å²) in [6.45, 7) is 1.39. The van der Waals surface area contributed by atoms with E-state index in [2.05, 4.69) is 0 Å². The number of thiophene rings is 1. The lowest BCUT2D eigenvalue weighted by atomic mass is 10.1. The van der Waals surface area contributed by atoms with Crippen LogP contribution in [-0.4, -0.2) is 17.4 Å². The average molecular weight is 294 g/mol. The number of hydrogen-bond donors (Lipinski definition) is 0. The molecule has 0 radical (unpaired) electrons. The zero-order chi connectivity index (χ0) is 13.2. The number of nitrogens with zero attached hydrogens (tertiary/aromatic N) is 1. The Balaban J connectivity index is 1.69. The normalized spacial score (nSPS) is 14.9. The van der Waals surface area contributed by atoms with E-state index in [4.69, 9.17) is 16.0 Å². The van der Waals surface area contributed by atoms with E-state index >= 15 is 0 Å². The Labute approximate surface area is 120 Å². The molecular weight excluding hydrogens is 282 g/mol. The van der Waals surface area contributed by atoms with E-state index in [1.54, 1.807) is 36.0 Å². The van der Waals surface area contributed by atoms with Gasteiger partial charge in [-0.1, -0.05) is 11.6 Å². The molecule has 0 atom stereocenters. The largest absolute Gasteiger partial charge is 0.472 e. The van der Waals surface area contributed by atoms with Gasteiger partial charge in [0, 0.05) is 29.6 Å². The summed E-state index contributed by atoms with van der Waals surface area (Å²) in [4.78, 5) is 15.2. The highest BCUT2D eigenvalue weighted by atomic mass is 35.5. The summed E-state index contributed by atoms with van der Waals surface area (Å²) in [7, 11) is 0. The second-order valence-electron chi connectivity index (χ2n) is 4.40.